The fourth-order valence-corrected chi connectivity index (χ4v) is 5.03. The van der Waals surface area contributed by atoms with Gasteiger partial charge in [0.1, 0.15) is 23.5 Å². The highest BCUT2D eigenvalue weighted by atomic mass is 32.2. The summed E-state index contributed by atoms with van der Waals surface area (Å²) in [5, 5.41) is 14.1. The third-order valence-electron chi connectivity index (χ3n) is 5.90. The van der Waals surface area contributed by atoms with Crippen LogP contribution < -0.4 is 15.8 Å². The molecule has 180 valence electrons. The van der Waals surface area contributed by atoms with Crippen molar-refractivity contribution >= 4 is 27.6 Å². The van der Waals surface area contributed by atoms with Crippen LogP contribution in [0.4, 0.5) is 4.39 Å². The third kappa shape index (κ3) is 5.20. The Hall–Kier alpha value is -3.45. The fourth-order valence-electron chi connectivity index (χ4n) is 4.02. The lowest BCUT2D eigenvalue weighted by Gasteiger charge is -2.13. The number of benzene rings is 1. The highest BCUT2D eigenvalue weighted by molar-refractivity contribution is 7.89. The quantitative estimate of drug-likeness (QED) is 0.440. The van der Waals surface area contributed by atoms with Crippen LogP contribution in [0.25, 0.3) is 5.78 Å². The van der Waals surface area contributed by atoms with Crippen LogP contribution in [0.2, 0.25) is 0 Å². The molecule has 3 aromatic rings. The molecule has 11 nitrogen and oxygen atoms in total. The van der Waals surface area contributed by atoms with Crippen molar-refractivity contribution in [3.05, 3.63) is 58.9 Å². The maximum atomic E-state index is 13.5. The van der Waals surface area contributed by atoms with E-state index in [1.54, 1.807) is 19.1 Å². The van der Waals surface area contributed by atoms with Crippen LogP contribution in [0.1, 0.15) is 51.4 Å². The Morgan fingerprint density at radius 1 is 1.21 bits per heavy atom. The summed E-state index contributed by atoms with van der Waals surface area (Å²) in [6, 6.07) is 5.84. The Morgan fingerprint density at radius 3 is 2.71 bits per heavy atom. The maximum absolute atomic E-state index is 13.5. The summed E-state index contributed by atoms with van der Waals surface area (Å²) in [6.45, 7) is 2.04. The maximum Gasteiger partial charge on any atom is 0.270 e. The minimum absolute atomic E-state index is 0.0257. The number of sulfonamides is 1. The minimum Gasteiger partial charge on any atom is -0.350 e. The molecule has 4 rings (SSSR count). The lowest BCUT2D eigenvalue weighted by atomic mass is 10.1. The monoisotopic (exact) mass is 489 g/mol. The second kappa shape index (κ2) is 9.43. The van der Waals surface area contributed by atoms with E-state index < -0.39 is 27.1 Å². The number of aryl methyl sites for hydroxylation is 1. The lowest BCUT2D eigenvalue weighted by Crippen LogP contribution is -2.32. The zero-order chi connectivity index (χ0) is 24.5. The van der Waals surface area contributed by atoms with Crippen LogP contribution in [0, 0.1) is 18.7 Å². The molecule has 4 N–H and O–H groups in total. The molecule has 2 unspecified atom stereocenters. The van der Waals surface area contributed by atoms with Crippen LogP contribution in [-0.2, 0) is 16.6 Å². The molecule has 13 heteroatoms. The molecule has 1 aromatic carbocycles. The predicted octanol–water partition coefficient (Wildman–Crippen LogP) is 0.689. The van der Waals surface area contributed by atoms with E-state index in [1.165, 1.54) is 23.0 Å². The fraction of sp³-hybridized carbons (Fsp3) is 0.381. The van der Waals surface area contributed by atoms with Crippen molar-refractivity contribution in [1.82, 2.24) is 30.2 Å². The van der Waals surface area contributed by atoms with Gasteiger partial charge in [-0.15, -0.1) is 0 Å². The largest absolute Gasteiger partial charge is 0.350 e. The first kappa shape index (κ1) is 23.7. The van der Waals surface area contributed by atoms with Crippen molar-refractivity contribution in [1.29, 1.82) is 0 Å². The summed E-state index contributed by atoms with van der Waals surface area (Å²) in [5.41, 5.74) is 1.21. The number of carbonyl (C=O) groups excluding carboxylic acids is 2. The van der Waals surface area contributed by atoms with E-state index in [1.807, 2.05) is 0 Å². The number of nitrogens with zero attached hydrogens (tertiary/aromatic N) is 4. The van der Waals surface area contributed by atoms with Crippen LogP contribution in [0.15, 0.2) is 30.6 Å². The van der Waals surface area contributed by atoms with Crippen LogP contribution in [-0.4, -0.2) is 51.6 Å². The topological polar surface area (TPSA) is 161 Å². The van der Waals surface area contributed by atoms with Crippen molar-refractivity contribution in [3.8, 4) is 0 Å². The molecule has 0 aliphatic heterocycles. The Kier molecular flexibility index (Phi) is 6.57. The van der Waals surface area contributed by atoms with Gasteiger partial charge in [0.05, 0.1) is 5.25 Å². The number of primary sulfonamides is 1. The first-order chi connectivity index (χ1) is 16.1. The number of nitrogens with one attached hydrogen (secondary N) is 2. The Morgan fingerprint density at radius 2 is 2.00 bits per heavy atom. The van der Waals surface area contributed by atoms with E-state index >= 15 is 0 Å². The molecule has 1 aliphatic rings. The van der Waals surface area contributed by atoms with E-state index in [0.29, 0.717) is 30.4 Å². The highest BCUT2D eigenvalue weighted by Gasteiger charge is 2.32. The first-order valence-electron chi connectivity index (χ1n) is 10.7. The molecule has 0 spiro atoms. The van der Waals surface area contributed by atoms with Crippen molar-refractivity contribution < 1.29 is 22.4 Å². The van der Waals surface area contributed by atoms with Crippen molar-refractivity contribution in [2.45, 2.75) is 38.0 Å². The van der Waals surface area contributed by atoms with Crippen molar-refractivity contribution in [2.75, 3.05) is 6.54 Å². The van der Waals surface area contributed by atoms with Gasteiger partial charge in [0.15, 0.2) is 0 Å². The van der Waals surface area contributed by atoms with Gasteiger partial charge in [0, 0.05) is 19.2 Å². The number of hydrogen-bond acceptors (Lipinski definition) is 7. The first-order valence-corrected chi connectivity index (χ1v) is 12.3. The number of amides is 2. The molecule has 0 radical (unpaired) electrons. The summed E-state index contributed by atoms with van der Waals surface area (Å²) < 4.78 is 37.8. The number of aromatic nitrogens is 4. The second-order valence-electron chi connectivity index (χ2n) is 8.36. The molecule has 2 atom stereocenters. The summed E-state index contributed by atoms with van der Waals surface area (Å²) in [4.78, 5) is 33.7. The SMILES string of the molecule is Cc1cc(CNC(=O)c2cc(C(=O)NCC3CCC(S(N)(=O)=O)C3)n3ncnc3n2)ccc1F. The molecule has 34 heavy (non-hydrogen) atoms. The number of halogens is 1. The Balaban J connectivity index is 1.45. The van der Waals surface area contributed by atoms with Crippen molar-refractivity contribution in [2.24, 2.45) is 11.1 Å². The molecule has 0 saturated heterocycles. The molecule has 2 aromatic heterocycles. The molecule has 1 saturated carbocycles. The molecule has 2 amide bonds. The number of fused-ring (bicyclic) bond motifs is 1. The summed E-state index contributed by atoms with van der Waals surface area (Å²) in [6.07, 6.45) is 2.69. The van der Waals surface area contributed by atoms with E-state index in [9.17, 15) is 22.4 Å². The molecule has 2 heterocycles. The number of carbonyl (C=O) groups is 2. The minimum atomic E-state index is -3.60. The second-order valence-corrected chi connectivity index (χ2v) is 10.2. The Bertz CT molecular complexity index is 1360. The van der Waals surface area contributed by atoms with Gasteiger partial charge in [-0.1, -0.05) is 12.1 Å². The van der Waals surface area contributed by atoms with Gasteiger partial charge in [0.25, 0.3) is 17.6 Å². The predicted molar refractivity (Wildman–Crippen MR) is 120 cm³/mol. The molecular weight excluding hydrogens is 465 g/mol. The molecular formula is C21H24FN7O4S. The molecule has 0 bridgehead atoms. The average Bonchev–Trinajstić information content (AvgIpc) is 3.46. The van der Waals surface area contributed by atoms with Crippen molar-refractivity contribution in [3.63, 3.8) is 0 Å². The average molecular weight is 490 g/mol. The summed E-state index contributed by atoms with van der Waals surface area (Å²) in [5.74, 6) is -1.32. The zero-order valence-electron chi connectivity index (χ0n) is 18.4. The van der Waals surface area contributed by atoms with E-state index in [-0.39, 0.29) is 42.0 Å². The summed E-state index contributed by atoms with van der Waals surface area (Å²) >= 11 is 0. The number of hydrogen-bond donors (Lipinski definition) is 3. The van der Waals surface area contributed by atoms with Gasteiger partial charge >= 0.3 is 0 Å². The van der Waals surface area contributed by atoms with Gasteiger partial charge in [-0.2, -0.15) is 14.6 Å². The van der Waals surface area contributed by atoms with Crippen LogP contribution in [0.5, 0.6) is 0 Å². The zero-order valence-corrected chi connectivity index (χ0v) is 19.2. The molecule has 1 fully saturated rings. The van der Waals surface area contributed by atoms with Gasteiger partial charge in [0.2, 0.25) is 10.0 Å². The van der Waals surface area contributed by atoms with Gasteiger partial charge in [-0.05, 0) is 49.3 Å². The highest BCUT2D eigenvalue weighted by Crippen LogP contribution is 2.28. The van der Waals surface area contributed by atoms with Gasteiger partial charge < -0.3 is 10.6 Å². The third-order valence-corrected chi connectivity index (χ3v) is 7.26. The standard InChI is InChI=1S/C21H24FN7O4S/c1-12-6-13(3-5-16(12)22)9-24-19(30)17-8-18(29-21(28-17)26-11-27-29)20(31)25-10-14-2-4-15(7-14)34(23,32)33/h3,5-6,8,11,14-15H,2,4,7,9-10H2,1H3,(H,24,30)(H,25,31)(H2,23,32,33). The van der Waals surface area contributed by atoms with Crippen LogP contribution in [0.3, 0.4) is 0 Å². The van der Waals surface area contributed by atoms with E-state index in [4.69, 9.17) is 5.14 Å². The number of rotatable bonds is 7. The smallest absolute Gasteiger partial charge is 0.270 e. The van der Waals surface area contributed by atoms with Crippen LogP contribution >= 0.6 is 0 Å². The number of nitrogens with two attached hydrogens (primary N) is 1. The Labute approximate surface area is 195 Å². The lowest BCUT2D eigenvalue weighted by molar-refractivity contribution is 0.0939. The van der Waals surface area contributed by atoms with E-state index in [2.05, 4.69) is 25.7 Å². The van der Waals surface area contributed by atoms with E-state index in [0.717, 1.165) is 0 Å². The van der Waals surface area contributed by atoms with Gasteiger partial charge in [-0.3, -0.25) is 9.59 Å². The molecule has 1 aliphatic carbocycles. The normalized spacial score (nSPS) is 18.2. The van der Waals surface area contributed by atoms with Gasteiger partial charge in [-0.25, -0.2) is 22.9 Å². The summed E-state index contributed by atoms with van der Waals surface area (Å²) in [7, 11) is -3.60.